The van der Waals surface area contributed by atoms with Gasteiger partial charge in [0.05, 0.1) is 17.6 Å². The Bertz CT molecular complexity index is 476. The predicted octanol–water partition coefficient (Wildman–Crippen LogP) is 2.26. The van der Waals surface area contributed by atoms with Gasteiger partial charge in [-0.25, -0.2) is 0 Å². The van der Waals surface area contributed by atoms with Crippen molar-refractivity contribution >= 4 is 0 Å². The molecule has 0 saturated heterocycles. The summed E-state index contributed by atoms with van der Waals surface area (Å²) in [5.74, 6) is 6.21. The third kappa shape index (κ3) is 2.29. The standard InChI is InChI=1S/C16H20O2/c1-13-4-6-14(7-5-13)8-11-16(12-17)10-3-9-15(16,2)18/h4-7,17-18H,3,9-10,12H2,1-2H3/t15-,16-/m0/s1. The van der Waals surface area contributed by atoms with Crippen LogP contribution in [-0.4, -0.2) is 22.4 Å². The van der Waals surface area contributed by atoms with Crippen molar-refractivity contribution in [2.24, 2.45) is 5.41 Å². The van der Waals surface area contributed by atoms with Crippen LogP contribution in [0.1, 0.15) is 37.3 Å². The smallest absolute Gasteiger partial charge is 0.0831 e. The summed E-state index contributed by atoms with van der Waals surface area (Å²) in [6.45, 7) is 3.73. The zero-order valence-corrected chi connectivity index (χ0v) is 11.0. The summed E-state index contributed by atoms with van der Waals surface area (Å²) in [5, 5.41) is 20.0. The van der Waals surface area contributed by atoms with Gasteiger partial charge in [-0.05, 0) is 45.2 Å². The van der Waals surface area contributed by atoms with E-state index in [-0.39, 0.29) is 6.61 Å². The van der Waals surface area contributed by atoms with Crippen molar-refractivity contribution in [2.75, 3.05) is 6.61 Å². The molecular formula is C16H20O2. The van der Waals surface area contributed by atoms with Gasteiger partial charge in [0.25, 0.3) is 0 Å². The highest BCUT2D eigenvalue weighted by Gasteiger charge is 2.49. The molecule has 0 heterocycles. The van der Waals surface area contributed by atoms with Crippen molar-refractivity contribution in [2.45, 2.75) is 38.7 Å². The number of aliphatic hydroxyl groups is 2. The van der Waals surface area contributed by atoms with Crippen molar-refractivity contribution in [1.29, 1.82) is 0 Å². The molecule has 0 unspecified atom stereocenters. The van der Waals surface area contributed by atoms with E-state index in [9.17, 15) is 10.2 Å². The molecule has 96 valence electrons. The quantitative estimate of drug-likeness (QED) is 0.744. The molecule has 0 radical (unpaired) electrons. The largest absolute Gasteiger partial charge is 0.395 e. The van der Waals surface area contributed by atoms with E-state index in [0.717, 1.165) is 18.4 Å². The highest BCUT2D eigenvalue weighted by molar-refractivity contribution is 5.38. The van der Waals surface area contributed by atoms with Gasteiger partial charge in [0, 0.05) is 5.56 Å². The van der Waals surface area contributed by atoms with E-state index >= 15 is 0 Å². The molecule has 0 spiro atoms. The maximum absolute atomic E-state index is 10.4. The molecule has 1 aliphatic rings. The zero-order valence-electron chi connectivity index (χ0n) is 11.0. The Labute approximate surface area is 109 Å². The van der Waals surface area contributed by atoms with Crippen molar-refractivity contribution in [1.82, 2.24) is 0 Å². The number of hydrogen-bond donors (Lipinski definition) is 2. The number of hydrogen-bond acceptors (Lipinski definition) is 2. The highest BCUT2D eigenvalue weighted by Crippen LogP contribution is 2.45. The molecule has 1 aromatic carbocycles. The molecule has 2 rings (SSSR count). The van der Waals surface area contributed by atoms with Gasteiger partial charge >= 0.3 is 0 Å². The van der Waals surface area contributed by atoms with Crippen LogP contribution in [0.15, 0.2) is 24.3 Å². The lowest BCUT2D eigenvalue weighted by molar-refractivity contribution is -0.0396. The summed E-state index contributed by atoms with van der Waals surface area (Å²) in [7, 11) is 0. The summed E-state index contributed by atoms with van der Waals surface area (Å²) in [4.78, 5) is 0. The first-order chi connectivity index (χ1) is 8.49. The fraction of sp³-hybridized carbons (Fsp3) is 0.500. The van der Waals surface area contributed by atoms with Crippen molar-refractivity contribution in [3.05, 3.63) is 35.4 Å². The van der Waals surface area contributed by atoms with Gasteiger partial charge in [0.15, 0.2) is 0 Å². The summed E-state index contributed by atoms with van der Waals surface area (Å²) in [6.07, 6.45) is 2.38. The van der Waals surface area contributed by atoms with E-state index in [1.165, 1.54) is 5.56 Å². The second-order valence-corrected chi connectivity index (χ2v) is 5.48. The normalized spacial score (nSPS) is 30.9. The van der Waals surface area contributed by atoms with Crippen molar-refractivity contribution in [3.63, 3.8) is 0 Å². The van der Waals surface area contributed by atoms with Crippen LogP contribution >= 0.6 is 0 Å². The average molecular weight is 244 g/mol. The minimum atomic E-state index is -0.889. The lowest BCUT2D eigenvalue weighted by Gasteiger charge is -2.33. The minimum absolute atomic E-state index is 0.0845. The van der Waals surface area contributed by atoms with Gasteiger partial charge in [-0.3, -0.25) is 0 Å². The molecule has 2 atom stereocenters. The molecule has 1 aliphatic carbocycles. The van der Waals surface area contributed by atoms with Crippen LogP contribution in [0.3, 0.4) is 0 Å². The lowest BCUT2D eigenvalue weighted by atomic mass is 9.76. The van der Waals surface area contributed by atoms with Crippen LogP contribution in [0.25, 0.3) is 0 Å². The Kier molecular flexibility index (Phi) is 3.47. The van der Waals surface area contributed by atoms with Crippen LogP contribution in [0.5, 0.6) is 0 Å². The maximum atomic E-state index is 10.4. The van der Waals surface area contributed by atoms with Crippen molar-refractivity contribution in [3.8, 4) is 11.8 Å². The molecule has 0 aromatic heterocycles. The molecule has 2 N–H and O–H groups in total. The van der Waals surface area contributed by atoms with E-state index in [1.807, 2.05) is 31.2 Å². The van der Waals surface area contributed by atoms with Crippen LogP contribution in [-0.2, 0) is 0 Å². The molecule has 1 saturated carbocycles. The molecule has 0 amide bonds. The number of aliphatic hydroxyl groups excluding tert-OH is 1. The Morgan fingerprint density at radius 2 is 1.89 bits per heavy atom. The second-order valence-electron chi connectivity index (χ2n) is 5.48. The van der Waals surface area contributed by atoms with E-state index in [2.05, 4.69) is 11.8 Å². The maximum Gasteiger partial charge on any atom is 0.0831 e. The third-order valence-electron chi connectivity index (χ3n) is 4.07. The summed E-state index contributed by atoms with van der Waals surface area (Å²) < 4.78 is 0. The van der Waals surface area contributed by atoms with Gasteiger partial charge in [-0.2, -0.15) is 0 Å². The zero-order chi connectivity index (χ0) is 13.2. The topological polar surface area (TPSA) is 40.5 Å². The number of aryl methyl sites for hydroxylation is 1. The SMILES string of the molecule is Cc1ccc(C#C[C@]2(CO)CCC[C@]2(C)O)cc1. The molecule has 0 bridgehead atoms. The van der Waals surface area contributed by atoms with Crippen LogP contribution in [0.2, 0.25) is 0 Å². The van der Waals surface area contributed by atoms with E-state index in [0.29, 0.717) is 6.42 Å². The summed E-state index contributed by atoms with van der Waals surface area (Å²) in [6, 6.07) is 7.97. The van der Waals surface area contributed by atoms with Crippen LogP contribution in [0, 0.1) is 24.2 Å². The Morgan fingerprint density at radius 1 is 1.22 bits per heavy atom. The molecule has 0 aliphatic heterocycles. The number of rotatable bonds is 1. The van der Waals surface area contributed by atoms with Crippen LogP contribution < -0.4 is 0 Å². The first-order valence-corrected chi connectivity index (χ1v) is 6.42. The summed E-state index contributed by atoms with van der Waals surface area (Å²) in [5.41, 5.74) is 0.568. The van der Waals surface area contributed by atoms with E-state index in [4.69, 9.17) is 0 Å². The average Bonchev–Trinajstić information content (AvgIpc) is 2.64. The second kappa shape index (κ2) is 4.76. The van der Waals surface area contributed by atoms with Gasteiger partial charge in [0.2, 0.25) is 0 Å². The molecule has 1 fully saturated rings. The fourth-order valence-corrected chi connectivity index (χ4v) is 2.56. The molecule has 2 heteroatoms. The minimum Gasteiger partial charge on any atom is -0.395 e. The van der Waals surface area contributed by atoms with Crippen molar-refractivity contribution < 1.29 is 10.2 Å². The fourth-order valence-electron chi connectivity index (χ4n) is 2.56. The summed E-state index contributed by atoms with van der Waals surface area (Å²) >= 11 is 0. The van der Waals surface area contributed by atoms with Gasteiger partial charge in [-0.15, -0.1) is 0 Å². The molecule has 1 aromatic rings. The van der Waals surface area contributed by atoms with Gasteiger partial charge in [0.1, 0.15) is 0 Å². The first kappa shape index (κ1) is 13.1. The molecule has 18 heavy (non-hydrogen) atoms. The Morgan fingerprint density at radius 3 is 2.39 bits per heavy atom. The predicted molar refractivity (Wildman–Crippen MR) is 72.1 cm³/mol. The Hall–Kier alpha value is -1.30. The third-order valence-corrected chi connectivity index (χ3v) is 4.07. The molecule has 2 nitrogen and oxygen atoms in total. The highest BCUT2D eigenvalue weighted by atomic mass is 16.3. The first-order valence-electron chi connectivity index (χ1n) is 6.42. The Balaban J connectivity index is 2.29. The van der Waals surface area contributed by atoms with E-state index in [1.54, 1.807) is 6.92 Å². The monoisotopic (exact) mass is 244 g/mol. The van der Waals surface area contributed by atoms with Gasteiger partial charge in [-0.1, -0.05) is 29.5 Å². The van der Waals surface area contributed by atoms with Crippen LogP contribution in [0.4, 0.5) is 0 Å². The number of benzene rings is 1. The molecular weight excluding hydrogens is 224 g/mol. The lowest BCUT2D eigenvalue weighted by Crippen LogP contribution is -2.43. The van der Waals surface area contributed by atoms with E-state index < -0.39 is 11.0 Å². The van der Waals surface area contributed by atoms with Gasteiger partial charge < -0.3 is 10.2 Å².